The Kier molecular flexibility index (Phi) is 14.5. The molecular weight excluding hydrogens is 746 g/mol. The van der Waals surface area contributed by atoms with Crippen molar-refractivity contribution in [1.82, 2.24) is 25.3 Å². The Bertz CT molecular complexity index is 2090. The van der Waals surface area contributed by atoms with Gasteiger partial charge in [-0.15, -0.1) is 22.1 Å². The summed E-state index contributed by atoms with van der Waals surface area (Å²) >= 11 is 0. The largest absolute Gasteiger partial charge is 2.00 e. The molecular formula is C42H49CoN5O3S2. The van der Waals surface area contributed by atoms with Crippen LogP contribution in [0.25, 0.3) is 50.4 Å². The number of aromatic nitrogens is 4. The fourth-order valence-corrected chi connectivity index (χ4v) is 10.2. The third-order valence-electron chi connectivity index (χ3n) is 10.3. The Morgan fingerprint density at radius 2 is 1.60 bits per heavy atom. The van der Waals surface area contributed by atoms with Crippen LogP contribution in [0, 0.1) is 13.8 Å². The van der Waals surface area contributed by atoms with Gasteiger partial charge < -0.3 is 25.1 Å². The van der Waals surface area contributed by atoms with Crippen molar-refractivity contribution in [2.75, 3.05) is 25.7 Å². The molecule has 3 aromatic rings. The minimum atomic E-state index is -0.344. The number of fused-ring (bicyclic) bond motifs is 8. The molecule has 0 aliphatic carbocycles. The monoisotopic (exact) mass is 794 g/mol. The number of hydrogen-bond acceptors (Lipinski definition) is 7. The second kappa shape index (κ2) is 18.8. The SMILES string of the molecule is C=CC1=C(C)c2cc3[n-]c(cc4nc(cc5[n-]c(cc1n2)c(C)c5CCC(=O)NCCCCCC1CCSS1)C(CCOCO)=C4C)c(C)c3C=C.[Co+2]. The molecule has 6 rings (SSSR count). The van der Waals surface area contributed by atoms with Gasteiger partial charge in [0.2, 0.25) is 5.91 Å². The van der Waals surface area contributed by atoms with Gasteiger partial charge in [0.1, 0.15) is 6.79 Å². The maximum Gasteiger partial charge on any atom is 2.00 e. The first-order valence-electron chi connectivity index (χ1n) is 18.3. The predicted octanol–water partition coefficient (Wildman–Crippen LogP) is 9.00. The first-order valence-corrected chi connectivity index (χ1v) is 20.6. The third kappa shape index (κ3) is 9.32. The van der Waals surface area contributed by atoms with Crippen LogP contribution >= 0.6 is 21.6 Å². The first kappa shape index (κ1) is 40.9. The summed E-state index contributed by atoms with van der Waals surface area (Å²) < 4.78 is 5.36. The van der Waals surface area contributed by atoms with Crippen LogP contribution in [0.1, 0.15) is 104 Å². The van der Waals surface area contributed by atoms with E-state index in [9.17, 15) is 9.90 Å². The Balaban J connectivity index is 0.00000541. The number of aliphatic hydroxyl groups excluding tert-OH is 1. The van der Waals surface area contributed by atoms with Gasteiger partial charge in [0, 0.05) is 29.5 Å². The molecule has 1 atom stereocenters. The van der Waals surface area contributed by atoms with Crippen LogP contribution in [0.5, 0.6) is 0 Å². The molecule has 1 saturated heterocycles. The summed E-state index contributed by atoms with van der Waals surface area (Å²) in [5.41, 5.74) is 14.4. The maximum atomic E-state index is 13.1. The predicted molar refractivity (Wildman–Crippen MR) is 220 cm³/mol. The smallest absolute Gasteiger partial charge is 0.657 e. The zero-order valence-electron chi connectivity index (χ0n) is 31.1. The van der Waals surface area contributed by atoms with Crippen LogP contribution in [0.2, 0.25) is 0 Å². The number of ether oxygens (including phenoxy) is 1. The van der Waals surface area contributed by atoms with E-state index in [0.29, 0.717) is 32.4 Å². The summed E-state index contributed by atoms with van der Waals surface area (Å²) in [7, 11) is 4.03. The van der Waals surface area contributed by atoms with E-state index in [0.717, 1.165) is 107 Å². The fraction of sp³-hybridized carbons (Fsp3) is 0.405. The summed E-state index contributed by atoms with van der Waals surface area (Å²) in [6.07, 6.45) is 11.1. The van der Waals surface area contributed by atoms with Gasteiger partial charge in [0.15, 0.2) is 0 Å². The van der Waals surface area contributed by atoms with E-state index in [2.05, 4.69) is 46.2 Å². The van der Waals surface area contributed by atoms with Crippen LogP contribution < -0.4 is 15.3 Å². The molecule has 3 aliphatic heterocycles. The quantitative estimate of drug-likeness (QED) is 0.0885. The third-order valence-corrected chi connectivity index (χ3v) is 13.3. The average molecular weight is 795 g/mol. The summed E-state index contributed by atoms with van der Waals surface area (Å²) in [6.45, 7) is 17.2. The number of amides is 1. The molecule has 0 saturated carbocycles. The van der Waals surface area contributed by atoms with Gasteiger partial charge in [0.05, 0.1) is 29.4 Å². The summed E-state index contributed by atoms with van der Waals surface area (Å²) in [5.74, 6) is 1.33. The number of unbranched alkanes of at least 4 members (excludes halogenated alkanes) is 2. The number of rotatable bonds is 15. The Hall–Kier alpha value is -3.32. The van der Waals surface area contributed by atoms with E-state index in [-0.39, 0.29) is 29.5 Å². The summed E-state index contributed by atoms with van der Waals surface area (Å²) in [4.78, 5) is 33.5. The van der Waals surface area contributed by atoms with Crippen molar-refractivity contribution in [3.63, 3.8) is 0 Å². The van der Waals surface area contributed by atoms with Gasteiger partial charge in [-0.05, 0) is 82.1 Å². The first-order chi connectivity index (χ1) is 25.2. The molecule has 1 unspecified atom stereocenters. The molecule has 281 valence electrons. The van der Waals surface area contributed by atoms with Gasteiger partial charge in [-0.3, -0.25) is 4.79 Å². The molecule has 2 N–H and O–H groups in total. The topological polar surface area (TPSA) is 113 Å². The van der Waals surface area contributed by atoms with E-state index in [1.165, 1.54) is 25.0 Å². The van der Waals surface area contributed by atoms with Gasteiger partial charge in [-0.25, -0.2) is 9.97 Å². The van der Waals surface area contributed by atoms with Crippen LogP contribution in [-0.2, 0) is 32.7 Å². The molecule has 3 aromatic heterocycles. The number of carbonyl (C=O) groups excluding carboxylic acids is 1. The number of allylic oxidation sites excluding steroid dienone is 4. The zero-order chi connectivity index (χ0) is 36.8. The second-order valence-electron chi connectivity index (χ2n) is 13.6. The van der Waals surface area contributed by atoms with Crippen LogP contribution in [-0.4, -0.2) is 51.9 Å². The molecule has 8 nitrogen and oxygen atoms in total. The van der Waals surface area contributed by atoms with E-state index >= 15 is 0 Å². The molecule has 53 heavy (non-hydrogen) atoms. The molecule has 1 fully saturated rings. The zero-order valence-corrected chi connectivity index (χ0v) is 33.8. The molecule has 8 bridgehead atoms. The van der Waals surface area contributed by atoms with E-state index < -0.39 is 0 Å². The van der Waals surface area contributed by atoms with E-state index in [1.807, 2.05) is 58.0 Å². The number of hydrogen-bond donors (Lipinski definition) is 2. The number of nitrogens with zero attached hydrogens (tertiary/aromatic N) is 4. The van der Waals surface area contributed by atoms with Crippen molar-refractivity contribution in [2.45, 2.75) is 84.3 Å². The van der Waals surface area contributed by atoms with E-state index in [1.54, 1.807) is 0 Å². The summed E-state index contributed by atoms with van der Waals surface area (Å²) in [5, 5.41) is 13.3. The maximum absolute atomic E-state index is 13.1. The number of aliphatic hydroxyl groups is 1. The molecule has 3 aliphatic rings. The molecule has 6 heterocycles. The van der Waals surface area contributed by atoms with Gasteiger partial charge in [0.25, 0.3) is 0 Å². The number of nitrogens with one attached hydrogen (secondary N) is 1. The van der Waals surface area contributed by atoms with Crippen molar-refractivity contribution in [1.29, 1.82) is 0 Å². The van der Waals surface area contributed by atoms with Crippen LogP contribution in [0.15, 0.2) is 43.5 Å². The Morgan fingerprint density at radius 1 is 0.906 bits per heavy atom. The Morgan fingerprint density at radius 3 is 2.34 bits per heavy atom. The molecule has 1 amide bonds. The normalized spacial score (nSPS) is 15.5. The van der Waals surface area contributed by atoms with Crippen molar-refractivity contribution in [2.24, 2.45) is 0 Å². The van der Waals surface area contributed by atoms with Crippen LogP contribution in [0.4, 0.5) is 0 Å². The van der Waals surface area contributed by atoms with Crippen molar-refractivity contribution in [3.05, 3.63) is 88.5 Å². The van der Waals surface area contributed by atoms with Gasteiger partial charge in [-0.1, -0.05) is 101 Å². The minimum Gasteiger partial charge on any atom is -0.657 e. The van der Waals surface area contributed by atoms with Crippen molar-refractivity contribution >= 4 is 77.9 Å². The van der Waals surface area contributed by atoms with Gasteiger partial charge >= 0.3 is 16.8 Å². The van der Waals surface area contributed by atoms with Crippen LogP contribution in [0.3, 0.4) is 0 Å². The van der Waals surface area contributed by atoms with Gasteiger partial charge in [-0.2, -0.15) is 0 Å². The molecule has 1 radical (unpaired) electrons. The number of carbonyl (C=O) groups is 1. The second-order valence-corrected chi connectivity index (χ2v) is 16.4. The molecule has 11 heteroatoms. The molecule has 0 aromatic carbocycles. The summed E-state index contributed by atoms with van der Waals surface area (Å²) in [6, 6.07) is 8.10. The molecule has 0 spiro atoms. The minimum absolute atomic E-state index is 0. The Labute approximate surface area is 331 Å². The van der Waals surface area contributed by atoms with E-state index in [4.69, 9.17) is 24.7 Å². The average Bonchev–Trinajstić information content (AvgIpc) is 3.93. The number of aryl methyl sites for hydroxylation is 3. The fourth-order valence-electron chi connectivity index (χ4n) is 7.18. The standard InChI is InChI=1S/C42H50N5O3S2.Co/c1-7-30-25(3)34-20-35-28(6)33(15-18-50-24-48)41(46-35)23-40-32(13-14-42(49)43-17-11-9-10-12-29-16-19-51-52-29)27(5)37(47-40)22-39-31(8-2)26(4)36(45-39)21-38(30)44-34;/h7-8,20-23,29,48H,1-2,9-19,24H2,3-6H3,(H2-,43,44,45,46,47,49);/q-1;+2/p-1. The van der Waals surface area contributed by atoms with Crippen molar-refractivity contribution in [3.8, 4) is 0 Å². The van der Waals surface area contributed by atoms with Crippen molar-refractivity contribution < 1.29 is 31.4 Å².